The third-order valence-corrected chi connectivity index (χ3v) is 3.21. The monoisotopic (exact) mass is 285 g/mol. The molecule has 86 valence electrons. The number of hydrogen-bond acceptors (Lipinski definition) is 4. The van der Waals surface area contributed by atoms with Crippen molar-refractivity contribution in [3.8, 4) is 0 Å². The molecule has 1 aromatic carbocycles. The maximum absolute atomic E-state index is 11.7. The van der Waals surface area contributed by atoms with Gasteiger partial charge in [-0.1, -0.05) is 12.1 Å². The Labute approximate surface area is 102 Å². The van der Waals surface area contributed by atoms with Gasteiger partial charge in [0.15, 0.2) is 5.54 Å². The second kappa shape index (κ2) is 4.43. The van der Waals surface area contributed by atoms with E-state index in [0.717, 1.165) is 10.2 Å². The van der Waals surface area contributed by atoms with Gasteiger partial charge in [-0.25, -0.2) is 4.79 Å². The van der Waals surface area contributed by atoms with E-state index in [-0.39, 0.29) is 5.97 Å². The zero-order valence-electron chi connectivity index (χ0n) is 8.83. The van der Waals surface area contributed by atoms with Gasteiger partial charge in [-0.2, -0.15) is 0 Å². The van der Waals surface area contributed by atoms with E-state index in [4.69, 9.17) is 9.47 Å². The van der Waals surface area contributed by atoms with E-state index in [9.17, 15) is 4.79 Å². The summed E-state index contributed by atoms with van der Waals surface area (Å²) >= 11 is 3.42. The lowest BCUT2D eigenvalue weighted by atomic mass is 9.97. The third-order valence-electron chi connectivity index (χ3n) is 2.52. The second-order valence-corrected chi connectivity index (χ2v) is 4.53. The van der Waals surface area contributed by atoms with E-state index in [2.05, 4.69) is 21.2 Å². The maximum Gasteiger partial charge on any atom is 0.336 e. The molecule has 0 spiro atoms. The molecule has 1 aromatic rings. The highest BCUT2D eigenvalue weighted by atomic mass is 79.9. The van der Waals surface area contributed by atoms with E-state index in [1.807, 2.05) is 24.3 Å². The Morgan fingerprint density at radius 3 is 2.69 bits per heavy atom. The van der Waals surface area contributed by atoms with Crippen LogP contribution in [0.1, 0.15) is 0 Å². The van der Waals surface area contributed by atoms with Crippen LogP contribution in [0, 0.1) is 0 Å². The maximum atomic E-state index is 11.7. The van der Waals surface area contributed by atoms with Gasteiger partial charge in [-0.05, 0) is 28.1 Å². The van der Waals surface area contributed by atoms with Crippen LogP contribution in [0.25, 0.3) is 0 Å². The molecule has 0 aliphatic carbocycles. The topological polar surface area (TPSA) is 47.6 Å². The van der Waals surface area contributed by atoms with Gasteiger partial charge in [0, 0.05) is 10.2 Å². The normalized spacial score (nSPS) is 17.4. The molecule has 0 saturated carbocycles. The summed E-state index contributed by atoms with van der Waals surface area (Å²) in [6, 6.07) is 7.62. The molecule has 1 heterocycles. The molecule has 1 N–H and O–H groups in total. The number of anilines is 1. The van der Waals surface area contributed by atoms with Crippen molar-refractivity contribution in [1.29, 1.82) is 0 Å². The molecule has 0 radical (unpaired) electrons. The number of hydrogen-bond donors (Lipinski definition) is 1. The van der Waals surface area contributed by atoms with Crippen LogP contribution < -0.4 is 5.32 Å². The van der Waals surface area contributed by atoms with Gasteiger partial charge in [0.2, 0.25) is 0 Å². The number of ether oxygens (including phenoxy) is 2. The third kappa shape index (κ3) is 1.92. The van der Waals surface area contributed by atoms with Crippen LogP contribution in [0.3, 0.4) is 0 Å². The van der Waals surface area contributed by atoms with Gasteiger partial charge in [0.25, 0.3) is 0 Å². The minimum absolute atomic E-state index is 0.297. The number of carbonyl (C=O) groups is 1. The van der Waals surface area contributed by atoms with Crippen molar-refractivity contribution in [2.45, 2.75) is 5.54 Å². The molecule has 1 saturated heterocycles. The van der Waals surface area contributed by atoms with Crippen LogP contribution in [0.2, 0.25) is 0 Å². The average molecular weight is 286 g/mol. The minimum atomic E-state index is -0.737. The summed E-state index contributed by atoms with van der Waals surface area (Å²) in [6.45, 7) is 0.669. The largest absolute Gasteiger partial charge is 0.467 e. The fraction of sp³-hybridized carbons (Fsp3) is 0.364. The lowest BCUT2D eigenvalue weighted by Crippen LogP contribution is -2.62. The number of para-hydroxylation sites is 1. The van der Waals surface area contributed by atoms with E-state index in [1.165, 1.54) is 7.11 Å². The fourth-order valence-corrected chi connectivity index (χ4v) is 1.95. The fourth-order valence-electron chi connectivity index (χ4n) is 1.56. The molecule has 0 unspecified atom stereocenters. The lowest BCUT2D eigenvalue weighted by Gasteiger charge is -2.39. The van der Waals surface area contributed by atoms with Gasteiger partial charge in [0.1, 0.15) is 0 Å². The number of nitrogens with one attached hydrogen (secondary N) is 1. The second-order valence-electron chi connectivity index (χ2n) is 3.67. The first-order chi connectivity index (χ1) is 7.68. The first-order valence-corrected chi connectivity index (χ1v) is 5.66. The van der Waals surface area contributed by atoms with E-state index < -0.39 is 5.54 Å². The van der Waals surface area contributed by atoms with E-state index in [0.29, 0.717) is 13.2 Å². The molecular weight excluding hydrogens is 274 g/mol. The number of methoxy groups -OCH3 is 1. The summed E-state index contributed by atoms with van der Waals surface area (Å²) in [5.41, 5.74) is 0.120. The number of rotatable bonds is 3. The summed E-state index contributed by atoms with van der Waals surface area (Å²) < 4.78 is 10.8. The highest BCUT2D eigenvalue weighted by molar-refractivity contribution is 9.10. The number of esters is 1. The molecule has 1 aliphatic rings. The zero-order valence-corrected chi connectivity index (χ0v) is 10.4. The van der Waals surface area contributed by atoms with Gasteiger partial charge in [-0.15, -0.1) is 0 Å². The number of benzene rings is 1. The van der Waals surface area contributed by atoms with Crippen molar-refractivity contribution in [3.63, 3.8) is 0 Å². The summed E-state index contributed by atoms with van der Waals surface area (Å²) in [5.74, 6) is -0.297. The van der Waals surface area contributed by atoms with Gasteiger partial charge >= 0.3 is 5.97 Å². The van der Waals surface area contributed by atoms with Crippen LogP contribution in [0.4, 0.5) is 5.69 Å². The average Bonchev–Trinajstić information content (AvgIpc) is 2.25. The Morgan fingerprint density at radius 1 is 1.50 bits per heavy atom. The molecular formula is C11H12BrNO3. The molecule has 0 amide bonds. The number of carbonyl (C=O) groups excluding carboxylic acids is 1. The highest BCUT2D eigenvalue weighted by Gasteiger charge is 2.47. The zero-order chi connectivity index (χ0) is 11.6. The van der Waals surface area contributed by atoms with Crippen molar-refractivity contribution in [2.75, 3.05) is 25.6 Å². The quantitative estimate of drug-likeness (QED) is 0.861. The highest BCUT2D eigenvalue weighted by Crippen LogP contribution is 2.29. The van der Waals surface area contributed by atoms with Crippen molar-refractivity contribution in [3.05, 3.63) is 28.7 Å². The Balaban J connectivity index is 2.19. The molecule has 0 atom stereocenters. The first-order valence-electron chi connectivity index (χ1n) is 4.87. The predicted octanol–water partition coefficient (Wildman–Crippen LogP) is 1.80. The van der Waals surface area contributed by atoms with Crippen molar-refractivity contribution >= 4 is 27.6 Å². The van der Waals surface area contributed by atoms with Crippen LogP contribution in [-0.2, 0) is 14.3 Å². The van der Waals surface area contributed by atoms with Crippen LogP contribution in [0.15, 0.2) is 28.7 Å². The van der Waals surface area contributed by atoms with Crippen LogP contribution >= 0.6 is 15.9 Å². The molecule has 16 heavy (non-hydrogen) atoms. The summed E-state index contributed by atoms with van der Waals surface area (Å²) in [5, 5.41) is 3.16. The van der Waals surface area contributed by atoms with Crippen molar-refractivity contribution in [2.24, 2.45) is 0 Å². The molecule has 1 aliphatic heterocycles. The van der Waals surface area contributed by atoms with Crippen molar-refractivity contribution in [1.82, 2.24) is 0 Å². The van der Waals surface area contributed by atoms with Gasteiger partial charge < -0.3 is 14.8 Å². The smallest absolute Gasteiger partial charge is 0.336 e. The molecule has 0 bridgehead atoms. The minimum Gasteiger partial charge on any atom is -0.467 e. The molecule has 5 heteroatoms. The van der Waals surface area contributed by atoms with Crippen molar-refractivity contribution < 1.29 is 14.3 Å². The first kappa shape index (κ1) is 11.4. The standard InChI is InChI=1S/C11H12BrNO3/c1-15-10(14)11(6-16-7-11)13-9-5-3-2-4-8(9)12/h2-5,13H,6-7H2,1H3. The summed E-state index contributed by atoms with van der Waals surface area (Å²) in [7, 11) is 1.38. The Morgan fingerprint density at radius 2 is 2.19 bits per heavy atom. The molecule has 4 nitrogen and oxygen atoms in total. The Bertz CT molecular complexity index is 404. The van der Waals surface area contributed by atoms with Crippen LogP contribution in [0.5, 0.6) is 0 Å². The van der Waals surface area contributed by atoms with Gasteiger partial charge in [-0.3, -0.25) is 0 Å². The Hall–Kier alpha value is -1.07. The number of halogens is 1. The Kier molecular flexibility index (Phi) is 3.16. The van der Waals surface area contributed by atoms with Gasteiger partial charge in [0.05, 0.1) is 20.3 Å². The summed E-state index contributed by atoms with van der Waals surface area (Å²) in [6.07, 6.45) is 0. The SMILES string of the molecule is COC(=O)C1(Nc2ccccc2Br)COC1. The van der Waals surface area contributed by atoms with E-state index >= 15 is 0 Å². The molecule has 0 aromatic heterocycles. The predicted molar refractivity (Wildman–Crippen MR) is 63.3 cm³/mol. The van der Waals surface area contributed by atoms with Crippen LogP contribution in [-0.4, -0.2) is 31.8 Å². The summed E-state index contributed by atoms with van der Waals surface area (Å²) in [4.78, 5) is 11.7. The van der Waals surface area contributed by atoms with E-state index in [1.54, 1.807) is 0 Å². The lowest BCUT2D eigenvalue weighted by molar-refractivity contribution is -0.161. The molecule has 1 fully saturated rings. The molecule has 2 rings (SSSR count).